The maximum absolute atomic E-state index is 12.5. The summed E-state index contributed by atoms with van der Waals surface area (Å²) in [5.41, 5.74) is -1.61. The summed E-state index contributed by atoms with van der Waals surface area (Å²) in [5, 5.41) is 9.45. The van der Waals surface area contributed by atoms with Gasteiger partial charge in [0.05, 0.1) is 6.61 Å². The first kappa shape index (κ1) is 34.9. The molecule has 0 radical (unpaired) electrons. The second-order valence-corrected chi connectivity index (χ2v) is 12.8. The van der Waals surface area contributed by atoms with Crippen molar-refractivity contribution >= 4 is 25.1 Å². The molecule has 1 N–H and O–H groups in total. The van der Waals surface area contributed by atoms with Crippen LogP contribution in [0.2, 0.25) is 0 Å². The summed E-state index contributed by atoms with van der Waals surface area (Å²) < 4.78 is 22.4. The first-order valence-corrected chi connectivity index (χ1v) is 16.9. The van der Waals surface area contributed by atoms with Gasteiger partial charge in [-0.25, -0.2) is 14.2 Å². The number of unbranched alkanes of at least 4 members (excludes halogenated alkanes) is 14. The molecule has 3 atom stereocenters. The van der Waals surface area contributed by atoms with Crippen molar-refractivity contribution in [2.75, 3.05) is 12.4 Å². The minimum Gasteiger partial charge on any atom is -0.472 e. The fourth-order valence-electron chi connectivity index (χ4n) is 3.91. The van der Waals surface area contributed by atoms with Crippen molar-refractivity contribution in [1.29, 1.82) is 0 Å². The third kappa shape index (κ3) is 19.7. The van der Waals surface area contributed by atoms with Crippen molar-refractivity contribution in [3.63, 3.8) is 0 Å². The number of rotatable bonds is 27. The van der Waals surface area contributed by atoms with Gasteiger partial charge in [-0.2, -0.15) is 11.8 Å². The zero-order chi connectivity index (χ0) is 26.2. The molecule has 0 rings (SSSR count). The van der Waals surface area contributed by atoms with Gasteiger partial charge < -0.3 is 5.11 Å². The molecule has 3 unspecified atom stereocenters. The Morgan fingerprint density at radius 3 is 1.74 bits per heavy atom. The number of thioether (sulfide) groups is 1. The van der Waals surface area contributed by atoms with Crippen molar-refractivity contribution in [2.45, 2.75) is 155 Å². The smallest absolute Gasteiger partial charge is 0.464 e. The average Bonchev–Trinajstić information content (AvgIpc) is 2.85. The molecule has 0 aromatic rings. The molecule has 0 heterocycles. The Bertz CT molecular complexity index is 534. The highest BCUT2D eigenvalue weighted by atomic mass is 32.2. The van der Waals surface area contributed by atoms with Gasteiger partial charge in [0.1, 0.15) is 6.10 Å². The minimum atomic E-state index is -4.32. The lowest BCUT2D eigenvalue weighted by Gasteiger charge is -2.24. The van der Waals surface area contributed by atoms with Crippen LogP contribution in [0.5, 0.6) is 0 Å². The summed E-state index contributed by atoms with van der Waals surface area (Å²) in [6.07, 6.45) is 21.6. The van der Waals surface area contributed by atoms with Gasteiger partial charge in [-0.1, -0.05) is 117 Å². The third-order valence-corrected chi connectivity index (χ3v) is 9.03. The highest BCUT2D eigenvalue weighted by Gasteiger charge is 2.38. The molecule has 0 aliphatic rings. The van der Waals surface area contributed by atoms with E-state index < -0.39 is 13.3 Å². The summed E-state index contributed by atoms with van der Waals surface area (Å²) in [6.45, 7) is 8.23. The lowest BCUT2D eigenvalue weighted by Crippen LogP contribution is -2.24. The van der Waals surface area contributed by atoms with Crippen molar-refractivity contribution < 1.29 is 28.6 Å². The Hall–Kier alpha value is -0.0700. The lowest BCUT2D eigenvalue weighted by molar-refractivity contribution is -0.245. The molecule has 0 saturated heterocycles. The molecule has 0 aromatic carbocycles. The maximum atomic E-state index is 12.5. The largest absolute Gasteiger partial charge is 0.472 e. The molecule has 0 bridgehead atoms. The second kappa shape index (κ2) is 24.3. The Morgan fingerprint density at radius 1 is 0.771 bits per heavy atom. The molecular weight excluding hydrogens is 483 g/mol. The number of carboxylic acid groups (broad SMARTS) is 1. The van der Waals surface area contributed by atoms with Gasteiger partial charge in [0.2, 0.25) is 0 Å². The molecule has 0 saturated carbocycles. The molecule has 0 aliphatic carbocycles. The number of hydrogen-bond acceptors (Lipinski definition) is 6. The van der Waals surface area contributed by atoms with Crippen molar-refractivity contribution in [1.82, 2.24) is 0 Å². The zero-order valence-corrected chi connectivity index (χ0v) is 24.9. The standard InChI is InChI=1S/C27H55O6PS/c1-5-8-10-12-14-15-17-19-21-24-35-26(22-20-18-16-13-11-9-6-2)25(4)32-33-34(30,27(28)29)31-23-7-3/h25-26H,5-24H2,1-4H3,(H,28,29). The zero-order valence-electron chi connectivity index (χ0n) is 23.1. The van der Waals surface area contributed by atoms with E-state index in [1.165, 1.54) is 96.3 Å². The van der Waals surface area contributed by atoms with E-state index in [1.807, 2.05) is 25.6 Å². The van der Waals surface area contributed by atoms with E-state index in [0.717, 1.165) is 18.6 Å². The van der Waals surface area contributed by atoms with Crippen LogP contribution in [-0.2, 0) is 18.7 Å². The van der Waals surface area contributed by atoms with E-state index in [9.17, 15) is 14.5 Å². The molecule has 0 aliphatic heterocycles. The molecule has 0 amide bonds. The highest BCUT2D eigenvalue weighted by Crippen LogP contribution is 2.49. The van der Waals surface area contributed by atoms with Crippen LogP contribution in [0.1, 0.15) is 143 Å². The van der Waals surface area contributed by atoms with E-state index in [1.54, 1.807) is 0 Å². The average molecular weight is 539 g/mol. The van der Waals surface area contributed by atoms with Crippen LogP contribution in [0.4, 0.5) is 4.79 Å². The predicted molar refractivity (Wildman–Crippen MR) is 150 cm³/mol. The topological polar surface area (TPSA) is 82.1 Å². The fraction of sp³-hybridized carbons (Fsp3) is 0.963. The van der Waals surface area contributed by atoms with Gasteiger partial charge >= 0.3 is 13.3 Å². The summed E-state index contributed by atoms with van der Waals surface area (Å²) in [6, 6.07) is 0. The first-order chi connectivity index (χ1) is 16.9. The first-order valence-electron chi connectivity index (χ1n) is 14.4. The van der Waals surface area contributed by atoms with Gasteiger partial charge in [-0.15, -0.1) is 4.67 Å². The monoisotopic (exact) mass is 538 g/mol. The van der Waals surface area contributed by atoms with Gasteiger partial charge in [0, 0.05) is 5.25 Å². The lowest BCUT2D eigenvalue weighted by atomic mass is 10.1. The van der Waals surface area contributed by atoms with E-state index in [2.05, 4.69) is 13.8 Å². The second-order valence-electron chi connectivity index (χ2n) is 9.64. The van der Waals surface area contributed by atoms with Crippen molar-refractivity contribution in [3.05, 3.63) is 0 Å². The Labute approximate surface area is 220 Å². The van der Waals surface area contributed by atoms with Crippen LogP contribution < -0.4 is 0 Å². The van der Waals surface area contributed by atoms with Gasteiger partial charge in [0.15, 0.2) is 0 Å². The number of hydrogen-bond donors (Lipinski definition) is 1. The van der Waals surface area contributed by atoms with E-state index in [-0.39, 0.29) is 18.0 Å². The van der Waals surface area contributed by atoms with E-state index in [4.69, 9.17) is 14.1 Å². The van der Waals surface area contributed by atoms with Crippen molar-refractivity contribution in [3.8, 4) is 0 Å². The summed E-state index contributed by atoms with van der Waals surface area (Å²) in [7, 11) is -4.32. The molecule has 210 valence electrons. The van der Waals surface area contributed by atoms with Crippen LogP contribution in [0.3, 0.4) is 0 Å². The maximum Gasteiger partial charge on any atom is 0.464 e. The quantitative estimate of drug-likeness (QED) is 0.0482. The van der Waals surface area contributed by atoms with Crippen LogP contribution in [-0.4, -0.2) is 34.5 Å². The molecule has 0 aromatic heterocycles. The normalized spacial score (nSPS) is 15.1. The summed E-state index contributed by atoms with van der Waals surface area (Å²) in [4.78, 5) is 16.8. The SMILES string of the molecule is CCCCCCCCCCCSC(CCCCCCCCC)C(C)OOP(=O)(OCCC)C(=O)O. The molecular formula is C27H55O6PS. The Balaban J connectivity index is 4.48. The Morgan fingerprint density at radius 2 is 1.26 bits per heavy atom. The molecule has 0 fully saturated rings. The van der Waals surface area contributed by atoms with Crippen LogP contribution in [0.15, 0.2) is 0 Å². The van der Waals surface area contributed by atoms with Gasteiger partial charge in [-0.05, 0) is 31.9 Å². The molecule has 35 heavy (non-hydrogen) atoms. The minimum absolute atomic E-state index is 0.0517. The van der Waals surface area contributed by atoms with E-state index >= 15 is 0 Å². The fourth-order valence-corrected chi connectivity index (χ4v) is 6.12. The summed E-state index contributed by atoms with van der Waals surface area (Å²) >= 11 is 1.87. The van der Waals surface area contributed by atoms with Gasteiger partial charge in [0.25, 0.3) is 0 Å². The van der Waals surface area contributed by atoms with Crippen molar-refractivity contribution in [2.24, 2.45) is 0 Å². The highest BCUT2D eigenvalue weighted by molar-refractivity contribution is 7.99. The third-order valence-electron chi connectivity index (χ3n) is 6.19. The molecule has 0 spiro atoms. The Kier molecular flexibility index (Phi) is 24.2. The number of carbonyl (C=O) groups is 1. The van der Waals surface area contributed by atoms with Crippen LogP contribution in [0, 0.1) is 0 Å². The summed E-state index contributed by atoms with van der Waals surface area (Å²) in [5.74, 6) is 1.05. The van der Waals surface area contributed by atoms with Crippen LogP contribution >= 0.6 is 19.4 Å². The molecule has 6 nitrogen and oxygen atoms in total. The van der Waals surface area contributed by atoms with Gasteiger partial charge in [-0.3, -0.25) is 4.52 Å². The van der Waals surface area contributed by atoms with Crippen LogP contribution in [0.25, 0.3) is 0 Å². The molecule has 8 heteroatoms. The van der Waals surface area contributed by atoms with E-state index in [0.29, 0.717) is 6.42 Å². The predicted octanol–water partition coefficient (Wildman–Crippen LogP) is 10.4.